The summed E-state index contributed by atoms with van der Waals surface area (Å²) in [5, 5.41) is 13.4. The molecule has 0 radical (unpaired) electrons. The number of rotatable bonds is 5. The van der Waals surface area contributed by atoms with E-state index in [-0.39, 0.29) is 24.8 Å². The van der Waals surface area contributed by atoms with Crippen molar-refractivity contribution in [3.05, 3.63) is 50.6 Å². The van der Waals surface area contributed by atoms with Crippen molar-refractivity contribution in [3.63, 3.8) is 0 Å². The molecule has 0 unspecified atom stereocenters. The van der Waals surface area contributed by atoms with E-state index >= 15 is 0 Å². The molecular weight excluding hydrogens is 385 g/mol. The molecule has 0 aliphatic heterocycles. The quantitative estimate of drug-likeness (QED) is 0.730. The number of thiophene rings is 1. The molecule has 1 aromatic carbocycles. The average Bonchev–Trinajstić information content (AvgIpc) is 2.77. The van der Waals surface area contributed by atoms with Crippen LogP contribution in [0.3, 0.4) is 0 Å². The Balaban J connectivity index is 1.67. The van der Waals surface area contributed by atoms with Gasteiger partial charge in [0.05, 0.1) is 12.1 Å². The number of aryl methyl sites for hydroxylation is 1. The second-order valence-corrected chi connectivity index (χ2v) is 8.31. The first-order chi connectivity index (χ1) is 13.0. The van der Waals surface area contributed by atoms with Crippen LogP contribution in [0, 0.1) is 17.1 Å². The number of halogens is 2. The van der Waals surface area contributed by atoms with Crippen LogP contribution < -0.4 is 5.32 Å². The first kappa shape index (κ1) is 19.8. The van der Waals surface area contributed by atoms with Gasteiger partial charge in [-0.3, -0.25) is 9.69 Å². The van der Waals surface area contributed by atoms with E-state index in [9.17, 15) is 14.4 Å². The minimum absolute atomic E-state index is 0.0814. The standard InChI is InChI=1S/C20H21ClFN3OS/c1-25(11-15-16(21)7-5-8-17(15)22)12-19(26)24-20-14(10-23)13-6-3-2-4-9-18(13)27-20/h5,7-8H,2-4,6,9,11-12H2,1H3,(H,24,26). The van der Waals surface area contributed by atoms with E-state index in [0.717, 1.165) is 31.2 Å². The molecule has 1 aromatic heterocycles. The van der Waals surface area contributed by atoms with Crippen LogP contribution in [0.15, 0.2) is 18.2 Å². The van der Waals surface area contributed by atoms with Gasteiger partial charge >= 0.3 is 0 Å². The van der Waals surface area contributed by atoms with Gasteiger partial charge in [0.2, 0.25) is 5.91 Å². The largest absolute Gasteiger partial charge is 0.315 e. The third kappa shape index (κ3) is 4.67. The van der Waals surface area contributed by atoms with Crippen molar-refractivity contribution in [1.82, 2.24) is 4.90 Å². The molecular formula is C20H21ClFN3OS. The van der Waals surface area contributed by atoms with Gasteiger partial charge in [-0.25, -0.2) is 4.39 Å². The van der Waals surface area contributed by atoms with Crippen molar-refractivity contribution in [3.8, 4) is 6.07 Å². The Hall–Kier alpha value is -1.94. The summed E-state index contributed by atoms with van der Waals surface area (Å²) in [6.45, 7) is 0.309. The lowest BCUT2D eigenvalue weighted by Crippen LogP contribution is -2.30. The van der Waals surface area contributed by atoms with Crippen molar-refractivity contribution in [2.24, 2.45) is 0 Å². The zero-order valence-electron chi connectivity index (χ0n) is 15.1. The van der Waals surface area contributed by atoms with E-state index in [1.165, 1.54) is 28.7 Å². The van der Waals surface area contributed by atoms with Gasteiger partial charge in [-0.1, -0.05) is 24.1 Å². The van der Waals surface area contributed by atoms with Crippen LogP contribution >= 0.6 is 22.9 Å². The van der Waals surface area contributed by atoms with Crippen molar-refractivity contribution in [2.75, 3.05) is 18.9 Å². The second kappa shape index (κ2) is 8.83. The van der Waals surface area contributed by atoms with Gasteiger partial charge in [-0.2, -0.15) is 5.26 Å². The van der Waals surface area contributed by atoms with Crippen molar-refractivity contribution < 1.29 is 9.18 Å². The number of nitriles is 1. The highest BCUT2D eigenvalue weighted by atomic mass is 35.5. The number of nitrogens with zero attached hydrogens (tertiary/aromatic N) is 2. The lowest BCUT2D eigenvalue weighted by molar-refractivity contribution is -0.117. The van der Waals surface area contributed by atoms with Gasteiger partial charge in [0.25, 0.3) is 0 Å². The minimum atomic E-state index is -0.386. The van der Waals surface area contributed by atoms with Gasteiger partial charge < -0.3 is 5.32 Å². The number of hydrogen-bond acceptors (Lipinski definition) is 4. The van der Waals surface area contributed by atoms with Gasteiger partial charge in [0.15, 0.2) is 0 Å². The molecule has 1 amide bonds. The maximum Gasteiger partial charge on any atom is 0.239 e. The number of likely N-dealkylation sites (N-methyl/N-ethyl adjacent to an activating group) is 1. The van der Waals surface area contributed by atoms with Gasteiger partial charge in [0.1, 0.15) is 16.9 Å². The molecule has 0 fully saturated rings. The molecule has 0 spiro atoms. The summed E-state index contributed by atoms with van der Waals surface area (Å²) < 4.78 is 13.9. The smallest absolute Gasteiger partial charge is 0.239 e. The van der Waals surface area contributed by atoms with Crippen molar-refractivity contribution in [1.29, 1.82) is 5.26 Å². The lowest BCUT2D eigenvalue weighted by atomic mass is 10.1. The van der Waals surface area contributed by atoms with Crippen LogP contribution in [0.4, 0.5) is 9.39 Å². The van der Waals surface area contributed by atoms with Crippen LogP contribution in [-0.2, 0) is 24.2 Å². The molecule has 0 atom stereocenters. The normalized spacial score (nSPS) is 13.7. The van der Waals surface area contributed by atoms with E-state index in [1.54, 1.807) is 24.1 Å². The highest BCUT2D eigenvalue weighted by Gasteiger charge is 2.21. The van der Waals surface area contributed by atoms with Gasteiger partial charge in [0, 0.05) is 22.0 Å². The maximum absolute atomic E-state index is 13.9. The molecule has 1 aliphatic carbocycles. The maximum atomic E-state index is 13.9. The topological polar surface area (TPSA) is 56.1 Å². The Labute approximate surface area is 167 Å². The Morgan fingerprint density at radius 3 is 2.89 bits per heavy atom. The molecule has 3 rings (SSSR count). The van der Waals surface area contributed by atoms with Gasteiger partial charge in [-0.05, 0) is 50.4 Å². The first-order valence-electron chi connectivity index (χ1n) is 8.95. The molecule has 27 heavy (non-hydrogen) atoms. The molecule has 1 N–H and O–H groups in total. The Kier molecular flexibility index (Phi) is 6.48. The summed E-state index contributed by atoms with van der Waals surface area (Å²) in [6, 6.07) is 6.80. The molecule has 0 saturated heterocycles. The zero-order valence-corrected chi connectivity index (χ0v) is 16.7. The highest BCUT2D eigenvalue weighted by molar-refractivity contribution is 7.16. The SMILES string of the molecule is CN(CC(=O)Nc1sc2c(c1C#N)CCCCC2)Cc1c(F)cccc1Cl. The monoisotopic (exact) mass is 405 g/mol. The molecule has 7 heteroatoms. The van der Waals surface area contributed by atoms with Crippen LogP contribution in [0.5, 0.6) is 0 Å². The number of carbonyl (C=O) groups is 1. The van der Waals surface area contributed by atoms with Crippen LogP contribution in [0.2, 0.25) is 5.02 Å². The predicted molar refractivity (Wildman–Crippen MR) is 107 cm³/mol. The summed E-state index contributed by atoms with van der Waals surface area (Å²) in [5.41, 5.74) is 2.07. The number of benzene rings is 1. The van der Waals surface area contributed by atoms with E-state index in [0.29, 0.717) is 21.2 Å². The van der Waals surface area contributed by atoms with E-state index in [2.05, 4.69) is 11.4 Å². The number of amides is 1. The summed E-state index contributed by atoms with van der Waals surface area (Å²) in [5.74, 6) is -0.610. The summed E-state index contributed by atoms with van der Waals surface area (Å²) >= 11 is 7.56. The third-order valence-electron chi connectivity index (χ3n) is 4.69. The Bertz CT molecular complexity index is 870. The highest BCUT2D eigenvalue weighted by Crippen LogP contribution is 2.36. The van der Waals surface area contributed by atoms with E-state index in [4.69, 9.17) is 11.6 Å². The van der Waals surface area contributed by atoms with Crippen LogP contribution in [0.1, 0.15) is 40.8 Å². The molecule has 1 heterocycles. The molecule has 2 aromatic rings. The molecule has 142 valence electrons. The molecule has 4 nitrogen and oxygen atoms in total. The fraction of sp³-hybridized carbons (Fsp3) is 0.400. The van der Waals surface area contributed by atoms with Crippen LogP contribution in [0.25, 0.3) is 0 Å². The fourth-order valence-electron chi connectivity index (χ4n) is 3.37. The van der Waals surface area contributed by atoms with E-state index < -0.39 is 0 Å². The molecule has 0 saturated carbocycles. The predicted octanol–water partition coefficient (Wildman–Crippen LogP) is 4.75. The molecule has 1 aliphatic rings. The third-order valence-corrected chi connectivity index (χ3v) is 6.25. The number of fused-ring (bicyclic) bond motifs is 1. The van der Waals surface area contributed by atoms with E-state index in [1.807, 2.05) is 0 Å². The minimum Gasteiger partial charge on any atom is -0.315 e. The van der Waals surface area contributed by atoms with Crippen molar-refractivity contribution >= 4 is 33.8 Å². The second-order valence-electron chi connectivity index (χ2n) is 6.80. The first-order valence-corrected chi connectivity index (χ1v) is 10.1. The Morgan fingerprint density at radius 1 is 1.37 bits per heavy atom. The molecule has 0 bridgehead atoms. The summed E-state index contributed by atoms with van der Waals surface area (Å²) in [6.07, 6.45) is 5.25. The Morgan fingerprint density at radius 2 is 2.15 bits per heavy atom. The number of nitrogens with one attached hydrogen (secondary N) is 1. The summed E-state index contributed by atoms with van der Waals surface area (Å²) in [7, 11) is 1.73. The zero-order chi connectivity index (χ0) is 19.4. The average molecular weight is 406 g/mol. The lowest BCUT2D eigenvalue weighted by Gasteiger charge is -2.17. The van der Waals surface area contributed by atoms with Crippen LogP contribution in [-0.4, -0.2) is 24.4 Å². The number of carbonyl (C=O) groups excluding carboxylic acids is 1. The summed E-state index contributed by atoms with van der Waals surface area (Å²) in [4.78, 5) is 15.4. The fourth-order valence-corrected chi connectivity index (χ4v) is 4.85. The van der Waals surface area contributed by atoms with Gasteiger partial charge in [-0.15, -0.1) is 11.3 Å². The van der Waals surface area contributed by atoms with Crippen molar-refractivity contribution in [2.45, 2.75) is 38.6 Å². The number of anilines is 1. The number of hydrogen-bond donors (Lipinski definition) is 1.